The molecule has 4 aliphatic rings. The summed E-state index contributed by atoms with van der Waals surface area (Å²) >= 11 is 0. The average molecular weight is 494 g/mol. The molecule has 198 valence electrons. The maximum atomic E-state index is 12.9. The van der Waals surface area contributed by atoms with Crippen molar-refractivity contribution in [1.82, 2.24) is 4.90 Å². The fraction of sp³-hybridized carbons (Fsp3) is 0.750. The molecule has 4 nitrogen and oxygen atoms in total. The number of hydrogen-bond donors (Lipinski definition) is 0. The molecule has 7 atom stereocenters. The maximum Gasteiger partial charge on any atom is 0.311 e. The zero-order chi connectivity index (χ0) is 25.9. The summed E-state index contributed by atoms with van der Waals surface area (Å²) in [6, 6.07) is 8.39. The van der Waals surface area contributed by atoms with Crippen molar-refractivity contribution < 1.29 is 14.3 Å². The van der Waals surface area contributed by atoms with Gasteiger partial charge in [0.25, 0.3) is 0 Å². The van der Waals surface area contributed by atoms with Crippen molar-refractivity contribution in [2.75, 3.05) is 7.05 Å². The minimum Gasteiger partial charge on any atom is -0.426 e. The van der Waals surface area contributed by atoms with E-state index in [1.807, 2.05) is 25.2 Å². The first-order valence-electron chi connectivity index (χ1n) is 14.5. The number of rotatable bonds is 4. The van der Waals surface area contributed by atoms with Gasteiger partial charge >= 0.3 is 5.97 Å². The number of para-hydroxylation sites is 1. The lowest BCUT2D eigenvalue weighted by Gasteiger charge is -2.62. The number of carbonyl (C=O) groups excluding carboxylic acids is 2. The number of likely N-dealkylation sites (tertiary alicyclic amines) is 1. The summed E-state index contributed by atoms with van der Waals surface area (Å²) < 4.78 is 5.91. The standard InChI is InChI=1S/C32H47NO3/c1-30(2,3)25-9-7-8-10-26(25)36-29(35)16-12-21-11-14-23-22-13-15-27-32(5,20-18-28(34)33(27)6)24(22)17-19-31(21,23)4/h7-10,21-24,27H,11-20H2,1-6H3/t21-,22+,23+,24+,27?,31-,32-/m1/s1. The lowest BCUT2D eigenvalue weighted by Crippen LogP contribution is -2.61. The Kier molecular flexibility index (Phi) is 6.57. The van der Waals surface area contributed by atoms with E-state index in [0.717, 1.165) is 49.0 Å². The van der Waals surface area contributed by atoms with Gasteiger partial charge in [0.05, 0.1) is 0 Å². The molecule has 3 aliphatic carbocycles. The van der Waals surface area contributed by atoms with Gasteiger partial charge in [-0.1, -0.05) is 52.8 Å². The first kappa shape index (κ1) is 25.8. The molecule has 0 aromatic heterocycles. The molecular weight excluding hydrogens is 446 g/mol. The Hall–Kier alpha value is -1.84. The molecule has 1 aromatic carbocycles. The molecule has 4 fully saturated rings. The van der Waals surface area contributed by atoms with Gasteiger partial charge in [0.1, 0.15) is 5.75 Å². The number of carbonyl (C=O) groups is 2. The summed E-state index contributed by atoms with van der Waals surface area (Å²) in [5.41, 5.74) is 1.64. The van der Waals surface area contributed by atoms with Crippen LogP contribution in [0.25, 0.3) is 0 Å². The van der Waals surface area contributed by atoms with E-state index in [9.17, 15) is 9.59 Å². The molecule has 4 heteroatoms. The van der Waals surface area contributed by atoms with E-state index in [2.05, 4.69) is 45.6 Å². The number of nitrogens with zero attached hydrogens (tertiary/aromatic N) is 1. The molecule has 5 rings (SSSR count). The highest BCUT2D eigenvalue weighted by Crippen LogP contribution is 2.66. The quantitative estimate of drug-likeness (QED) is 0.330. The molecule has 1 aliphatic heterocycles. The minimum atomic E-state index is -0.0876. The van der Waals surface area contributed by atoms with Crippen molar-refractivity contribution in [2.24, 2.45) is 34.5 Å². The molecule has 1 amide bonds. The fourth-order valence-corrected chi connectivity index (χ4v) is 9.37. The van der Waals surface area contributed by atoms with E-state index >= 15 is 0 Å². The van der Waals surface area contributed by atoms with Gasteiger partial charge in [0, 0.05) is 31.5 Å². The second-order valence-corrected chi connectivity index (χ2v) is 14.1. The van der Waals surface area contributed by atoms with Gasteiger partial charge in [-0.15, -0.1) is 0 Å². The van der Waals surface area contributed by atoms with Gasteiger partial charge in [-0.25, -0.2) is 0 Å². The van der Waals surface area contributed by atoms with Crippen molar-refractivity contribution in [3.63, 3.8) is 0 Å². The Labute approximate surface area is 218 Å². The van der Waals surface area contributed by atoms with Gasteiger partial charge in [-0.3, -0.25) is 9.59 Å². The average Bonchev–Trinajstić information content (AvgIpc) is 3.16. The van der Waals surface area contributed by atoms with E-state index in [0.29, 0.717) is 35.5 Å². The van der Waals surface area contributed by atoms with Gasteiger partial charge < -0.3 is 9.64 Å². The van der Waals surface area contributed by atoms with Crippen LogP contribution in [0.3, 0.4) is 0 Å². The molecule has 0 radical (unpaired) electrons. The third-order valence-corrected chi connectivity index (χ3v) is 11.4. The van der Waals surface area contributed by atoms with Crippen molar-refractivity contribution in [3.05, 3.63) is 29.8 Å². The fourth-order valence-electron chi connectivity index (χ4n) is 9.37. The molecular formula is C32H47NO3. The van der Waals surface area contributed by atoms with Crippen molar-refractivity contribution >= 4 is 11.9 Å². The first-order valence-corrected chi connectivity index (χ1v) is 14.5. The highest BCUT2D eigenvalue weighted by Gasteiger charge is 2.60. The topological polar surface area (TPSA) is 46.6 Å². The van der Waals surface area contributed by atoms with E-state index in [-0.39, 0.29) is 16.8 Å². The van der Waals surface area contributed by atoms with E-state index < -0.39 is 0 Å². The molecule has 1 saturated heterocycles. The lowest BCUT2D eigenvalue weighted by molar-refractivity contribution is -0.158. The molecule has 0 spiro atoms. The largest absolute Gasteiger partial charge is 0.426 e. The summed E-state index contributed by atoms with van der Waals surface area (Å²) in [5.74, 6) is 3.86. The predicted octanol–water partition coefficient (Wildman–Crippen LogP) is 7.15. The zero-order valence-corrected chi connectivity index (χ0v) is 23.4. The second kappa shape index (κ2) is 9.17. The third-order valence-electron chi connectivity index (χ3n) is 11.4. The van der Waals surface area contributed by atoms with Crippen molar-refractivity contribution in [3.8, 4) is 5.75 Å². The van der Waals surface area contributed by atoms with Crippen LogP contribution in [0.15, 0.2) is 24.3 Å². The van der Waals surface area contributed by atoms with E-state index in [1.54, 1.807) is 0 Å². The van der Waals surface area contributed by atoms with Crippen LogP contribution in [-0.2, 0) is 15.0 Å². The summed E-state index contributed by atoms with van der Waals surface area (Å²) in [4.78, 5) is 27.5. The molecule has 1 heterocycles. The highest BCUT2D eigenvalue weighted by atomic mass is 16.5. The van der Waals surface area contributed by atoms with Gasteiger partial charge in [0.15, 0.2) is 0 Å². The molecule has 1 unspecified atom stereocenters. The minimum absolute atomic E-state index is 0.0578. The molecule has 0 bridgehead atoms. The van der Waals surface area contributed by atoms with Gasteiger partial charge in [-0.05, 0) is 97.3 Å². The van der Waals surface area contributed by atoms with Crippen LogP contribution >= 0.6 is 0 Å². The Morgan fingerprint density at radius 1 is 1.00 bits per heavy atom. The summed E-state index contributed by atoms with van der Waals surface area (Å²) in [6.07, 6.45) is 10.8. The van der Waals surface area contributed by atoms with Crippen molar-refractivity contribution in [1.29, 1.82) is 0 Å². The number of ether oxygens (including phenoxy) is 1. The maximum absolute atomic E-state index is 12.9. The number of amides is 1. The normalized spacial score (nSPS) is 38.2. The number of esters is 1. The highest BCUT2D eigenvalue weighted by molar-refractivity contribution is 5.77. The molecule has 0 N–H and O–H groups in total. The van der Waals surface area contributed by atoms with Crippen LogP contribution in [0.4, 0.5) is 0 Å². The summed E-state index contributed by atoms with van der Waals surface area (Å²) in [7, 11) is 2.04. The van der Waals surface area contributed by atoms with Crippen LogP contribution in [-0.4, -0.2) is 29.9 Å². The Morgan fingerprint density at radius 3 is 2.47 bits per heavy atom. The van der Waals surface area contributed by atoms with Crippen LogP contribution in [0.2, 0.25) is 0 Å². The SMILES string of the molecule is CN1C(=O)CC[C@@]2(C)C1CC[C@H]1[C@@H]3CC[C@H](CCC(=O)Oc4ccccc4C(C)(C)C)[C@@]3(C)CC[C@@H]12. The first-order chi connectivity index (χ1) is 16.9. The molecule has 3 saturated carbocycles. The third kappa shape index (κ3) is 4.21. The lowest BCUT2D eigenvalue weighted by atomic mass is 9.46. The monoisotopic (exact) mass is 493 g/mol. The zero-order valence-electron chi connectivity index (χ0n) is 23.4. The Balaban J connectivity index is 1.24. The van der Waals surface area contributed by atoms with Gasteiger partial charge in [0.2, 0.25) is 5.91 Å². The molecule has 1 aromatic rings. The Morgan fingerprint density at radius 2 is 1.72 bits per heavy atom. The number of hydrogen-bond acceptors (Lipinski definition) is 3. The van der Waals surface area contributed by atoms with E-state index in [4.69, 9.17) is 4.74 Å². The van der Waals surface area contributed by atoms with Crippen LogP contribution < -0.4 is 4.74 Å². The smallest absolute Gasteiger partial charge is 0.311 e. The van der Waals surface area contributed by atoms with Crippen LogP contribution in [0.1, 0.15) is 104 Å². The molecule has 36 heavy (non-hydrogen) atoms. The number of benzene rings is 1. The van der Waals surface area contributed by atoms with E-state index in [1.165, 1.54) is 32.1 Å². The van der Waals surface area contributed by atoms with Crippen LogP contribution in [0.5, 0.6) is 5.75 Å². The summed E-state index contributed by atoms with van der Waals surface area (Å²) in [5, 5.41) is 0. The summed E-state index contributed by atoms with van der Waals surface area (Å²) in [6.45, 7) is 11.5. The number of piperidine rings is 1. The number of fused-ring (bicyclic) bond motifs is 5. The predicted molar refractivity (Wildman–Crippen MR) is 144 cm³/mol. The Bertz CT molecular complexity index is 1010. The second-order valence-electron chi connectivity index (χ2n) is 14.1. The van der Waals surface area contributed by atoms with Crippen molar-refractivity contribution in [2.45, 2.75) is 110 Å². The van der Waals surface area contributed by atoms with Gasteiger partial charge in [-0.2, -0.15) is 0 Å². The van der Waals surface area contributed by atoms with Crippen LogP contribution in [0, 0.1) is 34.5 Å².